The van der Waals surface area contributed by atoms with Gasteiger partial charge in [0.2, 0.25) is 5.60 Å². The van der Waals surface area contributed by atoms with E-state index in [1.165, 1.54) is 12.2 Å². The van der Waals surface area contributed by atoms with Crippen molar-refractivity contribution in [1.82, 2.24) is 0 Å². The molecule has 0 fully saturated rings. The van der Waals surface area contributed by atoms with Crippen LogP contribution in [0.1, 0.15) is 6.92 Å². The van der Waals surface area contributed by atoms with E-state index >= 15 is 0 Å². The number of aliphatic hydroxyl groups excluding tert-OH is 1. The van der Waals surface area contributed by atoms with E-state index in [0.717, 1.165) is 0 Å². The minimum absolute atomic E-state index is 0.0772. The van der Waals surface area contributed by atoms with E-state index in [-0.39, 0.29) is 10.6 Å². The molecule has 6 heteroatoms. The van der Waals surface area contributed by atoms with Crippen LogP contribution in [-0.2, 0) is 4.79 Å². The van der Waals surface area contributed by atoms with Crippen LogP contribution in [0, 0.1) is 0 Å². The van der Waals surface area contributed by atoms with E-state index in [2.05, 4.69) is 0 Å². The van der Waals surface area contributed by atoms with Crippen LogP contribution in [-0.4, -0.2) is 38.4 Å². The van der Waals surface area contributed by atoms with Gasteiger partial charge in [0.1, 0.15) is 11.5 Å². The number of alkyl halides is 1. The SMILES string of the molecule is CC=CC1=C(Cl)C(O)C(Cl)C1(O)C(=O)O. The van der Waals surface area contributed by atoms with Gasteiger partial charge in [-0.3, -0.25) is 0 Å². The summed E-state index contributed by atoms with van der Waals surface area (Å²) in [7, 11) is 0. The Hall–Kier alpha value is -0.550. The predicted octanol–water partition coefficient (Wildman–Crippen LogP) is 0.853. The zero-order chi connectivity index (χ0) is 11.8. The monoisotopic (exact) mass is 252 g/mol. The molecule has 84 valence electrons. The maximum absolute atomic E-state index is 10.9. The van der Waals surface area contributed by atoms with Crippen molar-refractivity contribution in [1.29, 1.82) is 0 Å². The van der Waals surface area contributed by atoms with Gasteiger partial charge in [0.15, 0.2) is 0 Å². The molecule has 3 atom stereocenters. The van der Waals surface area contributed by atoms with Crippen molar-refractivity contribution in [3.8, 4) is 0 Å². The van der Waals surface area contributed by atoms with Gasteiger partial charge in [-0.25, -0.2) is 4.79 Å². The lowest BCUT2D eigenvalue weighted by atomic mass is 9.95. The summed E-state index contributed by atoms with van der Waals surface area (Å²) in [4.78, 5) is 10.9. The van der Waals surface area contributed by atoms with Crippen LogP contribution in [0.15, 0.2) is 22.8 Å². The van der Waals surface area contributed by atoms with E-state index in [1.807, 2.05) is 0 Å². The lowest BCUT2D eigenvalue weighted by Crippen LogP contribution is -2.48. The Kier molecular flexibility index (Phi) is 3.45. The first-order chi connectivity index (χ1) is 6.87. The zero-order valence-electron chi connectivity index (χ0n) is 7.82. The molecule has 0 heterocycles. The fourth-order valence-corrected chi connectivity index (χ4v) is 2.19. The second-order valence-corrected chi connectivity index (χ2v) is 4.06. The molecular weight excluding hydrogens is 243 g/mol. The largest absolute Gasteiger partial charge is 0.479 e. The van der Waals surface area contributed by atoms with Crippen LogP contribution in [0.3, 0.4) is 0 Å². The standard InChI is InChI=1S/C9H10Cl2O4/c1-2-3-4-5(10)6(12)7(11)9(4,15)8(13)14/h2-3,6-7,12,15H,1H3,(H,13,14). The number of rotatable bonds is 2. The van der Waals surface area contributed by atoms with E-state index in [1.54, 1.807) is 6.92 Å². The highest BCUT2D eigenvalue weighted by Gasteiger charge is 2.56. The number of carboxylic acid groups (broad SMARTS) is 1. The average molecular weight is 253 g/mol. The normalized spacial score (nSPS) is 36.6. The lowest BCUT2D eigenvalue weighted by molar-refractivity contribution is -0.154. The van der Waals surface area contributed by atoms with E-state index in [0.29, 0.717) is 0 Å². The molecule has 4 nitrogen and oxygen atoms in total. The Morgan fingerprint density at radius 3 is 2.53 bits per heavy atom. The van der Waals surface area contributed by atoms with Crippen LogP contribution in [0.5, 0.6) is 0 Å². The van der Waals surface area contributed by atoms with Crippen molar-refractivity contribution >= 4 is 29.2 Å². The van der Waals surface area contributed by atoms with Gasteiger partial charge in [0, 0.05) is 5.57 Å². The van der Waals surface area contributed by atoms with Crippen LogP contribution in [0.2, 0.25) is 0 Å². The second-order valence-electron chi connectivity index (χ2n) is 3.18. The van der Waals surface area contributed by atoms with Gasteiger partial charge in [-0.2, -0.15) is 0 Å². The fraction of sp³-hybridized carbons (Fsp3) is 0.444. The van der Waals surface area contributed by atoms with Crippen molar-refractivity contribution in [2.24, 2.45) is 0 Å². The van der Waals surface area contributed by atoms with Gasteiger partial charge < -0.3 is 15.3 Å². The molecular formula is C9H10Cl2O4. The lowest BCUT2D eigenvalue weighted by Gasteiger charge is -2.24. The minimum atomic E-state index is -2.34. The van der Waals surface area contributed by atoms with Crippen molar-refractivity contribution in [3.05, 3.63) is 22.8 Å². The molecule has 0 bridgehead atoms. The topological polar surface area (TPSA) is 77.8 Å². The Bertz CT molecular complexity index is 350. The van der Waals surface area contributed by atoms with E-state index < -0.39 is 23.1 Å². The van der Waals surface area contributed by atoms with Crippen molar-refractivity contribution in [3.63, 3.8) is 0 Å². The quantitative estimate of drug-likeness (QED) is 0.637. The summed E-state index contributed by atoms with van der Waals surface area (Å²) < 4.78 is 0. The zero-order valence-corrected chi connectivity index (χ0v) is 9.33. The Balaban J connectivity index is 3.33. The van der Waals surface area contributed by atoms with Gasteiger partial charge in [0.05, 0.1) is 5.03 Å². The molecule has 0 aromatic carbocycles. The third-order valence-electron chi connectivity index (χ3n) is 2.26. The molecule has 0 amide bonds. The number of carbonyl (C=O) groups is 1. The summed E-state index contributed by atoms with van der Waals surface area (Å²) in [5.74, 6) is -1.54. The molecule has 1 aliphatic carbocycles. The maximum atomic E-state index is 10.9. The first kappa shape index (κ1) is 12.5. The molecule has 0 radical (unpaired) electrons. The summed E-state index contributed by atoms with van der Waals surface area (Å²) in [6.45, 7) is 1.63. The van der Waals surface area contributed by atoms with Crippen LogP contribution in [0.4, 0.5) is 0 Å². The fourth-order valence-electron chi connectivity index (χ4n) is 1.45. The van der Waals surface area contributed by atoms with Crippen LogP contribution < -0.4 is 0 Å². The number of hydrogen-bond acceptors (Lipinski definition) is 3. The number of carboxylic acids is 1. The molecule has 0 aliphatic heterocycles. The summed E-state index contributed by atoms with van der Waals surface area (Å²) >= 11 is 11.4. The Morgan fingerprint density at radius 2 is 2.13 bits per heavy atom. The molecule has 0 aromatic rings. The number of hydrogen-bond donors (Lipinski definition) is 3. The molecule has 0 saturated heterocycles. The summed E-state index contributed by atoms with van der Waals surface area (Å²) in [6, 6.07) is 0. The van der Waals surface area contributed by atoms with E-state index in [4.69, 9.17) is 28.3 Å². The third-order valence-corrected chi connectivity index (χ3v) is 3.24. The first-order valence-electron chi connectivity index (χ1n) is 4.18. The third kappa shape index (κ3) is 1.67. The number of allylic oxidation sites excluding steroid dienone is 1. The molecule has 3 N–H and O–H groups in total. The highest BCUT2D eigenvalue weighted by molar-refractivity contribution is 6.34. The Morgan fingerprint density at radius 1 is 1.60 bits per heavy atom. The molecule has 0 saturated carbocycles. The van der Waals surface area contributed by atoms with Gasteiger partial charge in [0.25, 0.3) is 0 Å². The van der Waals surface area contributed by atoms with Crippen LogP contribution in [0.25, 0.3) is 0 Å². The van der Waals surface area contributed by atoms with Gasteiger partial charge in [-0.15, -0.1) is 11.6 Å². The first-order valence-corrected chi connectivity index (χ1v) is 4.99. The van der Waals surface area contributed by atoms with Crippen LogP contribution >= 0.6 is 23.2 Å². The molecule has 3 unspecified atom stereocenters. The van der Waals surface area contributed by atoms with Crippen molar-refractivity contribution in [2.45, 2.75) is 24.0 Å². The van der Waals surface area contributed by atoms with Crippen molar-refractivity contribution in [2.75, 3.05) is 0 Å². The second kappa shape index (κ2) is 4.14. The molecule has 1 rings (SSSR count). The molecule has 1 aliphatic rings. The molecule has 0 aromatic heterocycles. The van der Waals surface area contributed by atoms with Gasteiger partial charge in [-0.1, -0.05) is 23.8 Å². The smallest absolute Gasteiger partial charge is 0.342 e. The molecule has 15 heavy (non-hydrogen) atoms. The number of halogens is 2. The highest BCUT2D eigenvalue weighted by Crippen LogP contribution is 2.42. The van der Waals surface area contributed by atoms with Gasteiger partial charge >= 0.3 is 5.97 Å². The molecule has 0 spiro atoms. The maximum Gasteiger partial charge on any atom is 0.342 e. The number of aliphatic carboxylic acids is 1. The average Bonchev–Trinajstić information content (AvgIpc) is 2.34. The summed E-state index contributed by atoms with van der Waals surface area (Å²) in [6.07, 6.45) is 1.45. The highest BCUT2D eigenvalue weighted by atomic mass is 35.5. The Labute approximate surface area is 96.4 Å². The summed E-state index contributed by atoms with van der Waals surface area (Å²) in [5.41, 5.74) is -2.42. The van der Waals surface area contributed by atoms with Crippen molar-refractivity contribution < 1.29 is 20.1 Å². The minimum Gasteiger partial charge on any atom is -0.479 e. The van der Waals surface area contributed by atoms with Gasteiger partial charge in [-0.05, 0) is 6.92 Å². The summed E-state index contributed by atoms with van der Waals surface area (Å²) in [5, 5.41) is 26.7. The predicted molar refractivity (Wildman–Crippen MR) is 55.9 cm³/mol. The van der Waals surface area contributed by atoms with E-state index in [9.17, 15) is 15.0 Å². The number of aliphatic hydroxyl groups is 2.